The number of carbonyl (C=O) groups excluding carboxylic acids is 2. The second kappa shape index (κ2) is 8.49. The van der Waals surface area contributed by atoms with Gasteiger partial charge in [-0.1, -0.05) is 23.4 Å². The molecule has 2 aromatic rings. The molecule has 0 radical (unpaired) electrons. The summed E-state index contributed by atoms with van der Waals surface area (Å²) in [4.78, 5) is 28.2. The molecule has 140 valence electrons. The Bertz CT molecular complexity index is 873. The molecule has 2 N–H and O–H groups in total. The molecule has 27 heavy (non-hydrogen) atoms. The van der Waals surface area contributed by atoms with Crippen LogP contribution in [-0.4, -0.2) is 24.1 Å². The van der Waals surface area contributed by atoms with Crippen LogP contribution in [0.2, 0.25) is 0 Å². The van der Waals surface area contributed by atoms with Gasteiger partial charge in [0.2, 0.25) is 5.91 Å². The third-order valence-electron chi connectivity index (χ3n) is 4.40. The number of nitrogens with one attached hydrogen (secondary N) is 2. The average Bonchev–Trinajstić information content (AvgIpc) is 3.09. The van der Waals surface area contributed by atoms with Gasteiger partial charge in [0.15, 0.2) is 6.61 Å². The molecule has 0 spiro atoms. The van der Waals surface area contributed by atoms with Crippen LogP contribution in [0.5, 0.6) is 0 Å². The number of aryl methyl sites for hydroxylation is 2. The predicted octanol–water partition coefficient (Wildman–Crippen LogP) is 3.51. The van der Waals surface area contributed by atoms with Crippen molar-refractivity contribution >= 4 is 28.9 Å². The van der Waals surface area contributed by atoms with E-state index in [0.717, 1.165) is 24.1 Å². The first kappa shape index (κ1) is 18.6. The standard InChI is InChI=1S/C21H23N3O3/c1-14(16-6-9-19(10-7-16)22-15(2)25)24-27-13-21(26)23-20-11-8-17-4-3-5-18(17)12-20/h6-12H,3-5,13H2,1-2H3,(H,22,25)(H,23,26). The molecule has 3 rings (SSSR count). The van der Waals surface area contributed by atoms with Gasteiger partial charge in [0.1, 0.15) is 0 Å². The molecule has 0 saturated heterocycles. The Labute approximate surface area is 158 Å². The fourth-order valence-electron chi connectivity index (χ4n) is 3.09. The summed E-state index contributed by atoms with van der Waals surface area (Å²) in [6, 6.07) is 13.3. The van der Waals surface area contributed by atoms with Gasteiger partial charge in [0.25, 0.3) is 5.91 Å². The molecule has 0 unspecified atom stereocenters. The highest BCUT2D eigenvalue weighted by atomic mass is 16.6. The Morgan fingerprint density at radius 3 is 2.41 bits per heavy atom. The highest BCUT2D eigenvalue weighted by Gasteiger charge is 2.12. The lowest BCUT2D eigenvalue weighted by Gasteiger charge is -2.07. The summed E-state index contributed by atoms with van der Waals surface area (Å²) < 4.78 is 0. The normalized spacial score (nSPS) is 13.0. The first-order valence-electron chi connectivity index (χ1n) is 8.97. The predicted molar refractivity (Wildman–Crippen MR) is 106 cm³/mol. The second-order valence-electron chi connectivity index (χ2n) is 6.59. The highest BCUT2D eigenvalue weighted by Crippen LogP contribution is 2.24. The number of hydrogen-bond donors (Lipinski definition) is 2. The number of oxime groups is 1. The molecule has 1 aliphatic carbocycles. The van der Waals surface area contributed by atoms with Crippen LogP contribution in [0.3, 0.4) is 0 Å². The Morgan fingerprint density at radius 2 is 1.67 bits per heavy atom. The van der Waals surface area contributed by atoms with Crippen LogP contribution in [0.1, 0.15) is 37.0 Å². The molecule has 0 aliphatic heterocycles. The van der Waals surface area contributed by atoms with E-state index in [0.29, 0.717) is 11.4 Å². The van der Waals surface area contributed by atoms with E-state index in [2.05, 4.69) is 21.9 Å². The quantitative estimate of drug-likeness (QED) is 0.607. The van der Waals surface area contributed by atoms with Crippen molar-refractivity contribution in [3.8, 4) is 0 Å². The van der Waals surface area contributed by atoms with E-state index in [1.165, 1.54) is 24.5 Å². The van der Waals surface area contributed by atoms with E-state index in [4.69, 9.17) is 4.84 Å². The average molecular weight is 365 g/mol. The highest BCUT2D eigenvalue weighted by molar-refractivity contribution is 5.99. The van der Waals surface area contributed by atoms with Gasteiger partial charge >= 0.3 is 0 Å². The van der Waals surface area contributed by atoms with Gasteiger partial charge in [0.05, 0.1) is 5.71 Å². The molecule has 0 aromatic heterocycles. The van der Waals surface area contributed by atoms with Gasteiger partial charge in [-0.05, 0) is 67.1 Å². The van der Waals surface area contributed by atoms with Crippen molar-refractivity contribution in [3.05, 3.63) is 59.2 Å². The molecule has 6 nitrogen and oxygen atoms in total. The summed E-state index contributed by atoms with van der Waals surface area (Å²) >= 11 is 0. The van der Waals surface area contributed by atoms with Crippen LogP contribution in [0.4, 0.5) is 11.4 Å². The Balaban J connectivity index is 1.50. The number of hydrogen-bond acceptors (Lipinski definition) is 4. The van der Waals surface area contributed by atoms with E-state index < -0.39 is 0 Å². The number of nitrogens with zero attached hydrogens (tertiary/aromatic N) is 1. The minimum Gasteiger partial charge on any atom is -0.385 e. The Hall–Kier alpha value is -3.15. The van der Waals surface area contributed by atoms with Crippen molar-refractivity contribution in [2.45, 2.75) is 33.1 Å². The zero-order chi connectivity index (χ0) is 19.2. The van der Waals surface area contributed by atoms with Crippen LogP contribution >= 0.6 is 0 Å². The van der Waals surface area contributed by atoms with Gasteiger partial charge < -0.3 is 15.5 Å². The lowest BCUT2D eigenvalue weighted by Crippen LogP contribution is -2.17. The van der Waals surface area contributed by atoms with Gasteiger partial charge in [0, 0.05) is 18.3 Å². The molecule has 2 aromatic carbocycles. The lowest BCUT2D eigenvalue weighted by molar-refractivity contribution is -0.120. The SMILES string of the molecule is CC(=O)Nc1ccc(C(C)=NOCC(=O)Nc2ccc3c(c2)CCC3)cc1. The first-order valence-corrected chi connectivity index (χ1v) is 8.97. The zero-order valence-electron chi connectivity index (χ0n) is 15.5. The molecule has 2 amide bonds. The molecule has 0 bridgehead atoms. The van der Waals surface area contributed by atoms with E-state index in [1.54, 1.807) is 19.1 Å². The maximum atomic E-state index is 12.0. The first-order chi connectivity index (χ1) is 13.0. The summed E-state index contributed by atoms with van der Waals surface area (Å²) in [7, 11) is 0. The minimum atomic E-state index is -0.245. The van der Waals surface area contributed by atoms with E-state index in [9.17, 15) is 9.59 Å². The molecule has 1 aliphatic rings. The maximum Gasteiger partial charge on any atom is 0.265 e. The summed E-state index contributed by atoms with van der Waals surface area (Å²) in [5.41, 5.74) is 5.68. The van der Waals surface area contributed by atoms with Crippen molar-refractivity contribution in [2.24, 2.45) is 5.16 Å². The van der Waals surface area contributed by atoms with Crippen LogP contribution < -0.4 is 10.6 Å². The number of rotatable bonds is 6. The van der Waals surface area contributed by atoms with Crippen LogP contribution in [0, 0.1) is 0 Å². The number of fused-ring (bicyclic) bond motifs is 1. The molecule has 0 fully saturated rings. The lowest BCUT2D eigenvalue weighted by atomic mass is 10.1. The van der Waals surface area contributed by atoms with Crippen LogP contribution in [0.25, 0.3) is 0 Å². The summed E-state index contributed by atoms with van der Waals surface area (Å²) in [5.74, 6) is -0.364. The van der Waals surface area contributed by atoms with Crippen molar-refractivity contribution in [2.75, 3.05) is 17.2 Å². The van der Waals surface area contributed by atoms with Crippen molar-refractivity contribution < 1.29 is 14.4 Å². The van der Waals surface area contributed by atoms with Gasteiger partial charge in [-0.3, -0.25) is 9.59 Å². The van der Waals surface area contributed by atoms with Crippen molar-refractivity contribution in [1.29, 1.82) is 0 Å². The topological polar surface area (TPSA) is 79.8 Å². The van der Waals surface area contributed by atoms with E-state index in [-0.39, 0.29) is 18.4 Å². The van der Waals surface area contributed by atoms with Crippen LogP contribution in [-0.2, 0) is 27.3 Å². The fraction of sp³-hybridized carbons (Fsp3) is 0.286. The molecular formula is C21H23N3O3. The molecule has 0 saturated carbocycles. The second-order valence-corrected chi connectivity index (χ2v) is 6.59. The molecule has 6 heteroatoms. The Morgan fingerprint density at radius 1 is 0.963 bits per heavy atom. The van der Waals surface area contributed by atoms with E-state index >= 15 is 0 Å². The number of benzene rings is 2. The number of anilines is 2. The largest absolute Gasteiger partial charge is 0.385 e. The molecule has 0 heterocycles. The van der Waals surface area contributed by atoms with Gasteiger partial charge in [-0.15, -0.1) is 0 Å². The monoisotopic (exact) mass is 365 g/mol. The molecule has 0 atom stereocenters. The summed E-state index contributed by atoms with van der Waals surface area (Å²) in [6.07, 6.45) is 3.36. The number of amides is 2. The Kier molecular flexibility index (Phi) is 5.86. The van der Waals surface area contributed by atoms with Crippen molar-refractivity contribution in [3.63, 3.8) is 0 Å². The maximum absolute atomic E-state index is 12.0. The number of carbonyl (C=O) groups is 2. The third kappa shape index (κ3) is 5.17. The van der Waals surface area contributed by atoms with Crippen molar-refractivity contribution in [1.82, 2.24) is 0 Å². The van der Waals surface area contributed by atoms with Crippen LogP contribution in [0.15, 0.2) is 47.6 Å². The van der Waals surface area contributed by atoms with Gasteiger partial charge in [-0.2, -0.15) is 0 Å². The third-order valence-corrected chi connectivity index (χ3v) is 4.40. The smallest absolute Gasteiger partial charge is 0.265 e. The van der Waals surface area contributed by atoms with Gasteiger partial charge in [-0.25, -0.2) is 0 Å². The molecular weight excluding hydrogens is 342 g/mol. The summed E-state index contributed by atoms with van der Waals surface area (Å²) in [5, 5.41) is 9.53. The zero-order valence-corrected chi connectivity index (χ0v) is 15.5. The van der Waals surface area contributed by atoms with E-state index in [1.807, 2.05) is 24.3 Å². The summed E-state index contributed by atoms with van der Waals surface area (Å²) in [6.45, 7) is 3.10. The fourth-order valence-corrected chi connectivity index (χ4v) is 3.09. The minimum absolute atomic E-state index is 0.120.